The summed E-state index contributed by atoms with van der Waals surface area (Å²) < 4.78 is 28.7. The Bertz CT molecular complexity index is 622. The van der Waals surface area contributed by atoms with Crippen LogP contribution < -0.4 is 20.7 Å². The van der Waals surface area contributed by atoms with E-state index in [4.69, 9.17) is 5.73 Å². The van der Waals surface area contributed by atoms with Crippen molar-refractivity contribution in [2.75, 3.05) is 23.5 Å². The van der Waals surface area contributed by atoms with E-state index >= 15 is 0 Å². The van der Waals surface area contributed by atoms with Crippen LogP contribution in [-0.4, -0.2) is 49.1 Å². The lowest BCUT2D eigenvalue weighted by molar-refractivity contribution is -0.129. The van der Waals surface area contributed by atoms with Gasteiger partial charge in [-0.3, -0.25) is 9.59 Å². The van der Waals surface area contributed by atoms with Gasteiger partial charge in [-0.15, -0.1) is 12.4 Å². The quantitative estimate of drug-likeness (QED) is 0.670. The van der Waals surface area contributed by atoms with E-state index in [1.54, 1.807) is 23.9 Å². The molecule has 27 heavy (non-hydrogen) atoms. The molecule has 0 bridgehead atoms. The average Bonchev–Trinajstić information content (AvgIpc) is 2.61. The summed E-state index contributed by atoms with van der Waals surface area (Å²) in [5.41, 5.74) is 6.41. The Kier molecular flexibility index (Phi) is 9.82. The highest BCUT2D eigenvalue weighted by Gasteiger charge is 2.31. The molecule has 2 atom stereocenters. The van der Waals surface area contributed by atoms with Crippen LogP contribution in [0.4, 0.5) is 14.5 Å². The number of anilines is 1. The normalized spacial score (nSPS) is 18.0. The lowest BCUT2D eigenvalue weighted by Gasteiger charge is -2.33. The van der Waals surface area contributed by atoms with E-state index in [0.29, 0.717) is 31.5 Å². The van der Waals surface area contributed by atoms with Crippen LogP contribution in [0.25, 0.3) is 0 Å². The molecule has 0 aliphatic carbocycles. The number of hydrogen-bond donors (Lipinski definition) is 2. The molecule has 1 aliphatic rings. The van der Waals surface area contributed by atoms with Crippen molar-refractivity contribution in [1.29, 1.82) is 0 Å². The first-order valence-electron chi connectivity index (χ1n) is 8.33. The number of amides is 2. The Morgan fingerprint density at radius 3 is 2.67 bits per heavy atom. The molecule has 3 N–H and O–H groups in total. The fraction of sp³-hybridized carbons (Fsp3) is 0.529. The van der Waals surface area contributed by atoms with E-state index in [2.05, 4.69) is 10.1 Å². The molecule has 6 nitrogen and oxygen atoms in total. The number of benzene rings is 1. The van der Waals surface area contributed by atoms with Crippen molar-refractivity contribution < 1.29 is 23.1 Å². The Morgan fingerprint density at radius 2 is 2.07 bits per heavy atom. The van der Waals surface area contributed by atoms with Gasteiger partial charge in [0.1, 0.15) is 11.8 Å². The summed E-state index contributed by atoms with van der Waals surface area (Å²) in [5, 5.41) is 2.73. The minimum Gasteiger partial charge on any atom is -0.435 e. The average molecular weight is 424 g/mol. The first-order chi connectivity index (χ1) is 12.4. The molecule has 152 valence electrons. The molecular formula is C17H24ClF2N3O3S. The molecule has 2 rings (SSSR count). The van der Waals surface area contributed by atoms with Crippen molar-refractivity contribution in [3.63, 3.8) is 0 Å². The van der Waals surface area contributed by atoms with Gasteiger partial charge in [0.05, 0.1) is 6.04 Å². The summed E-state index contributed by atoms with van der Waals surface area (Å²) in [6.45, 7) is -2.40. The second-order valence-electron chi connectivity index (χ2n) is 5.95. The zero-order valence-corrected chi connectivity index (χ0v) is 16.5. The van der Waals surface area contributed by atoms with E-state index in [0.717, 1.165) is 5.75 Å². The Hall–Kier alpha value is -1.58. The Labute approximate surface area is 167 Å². The zero-order valence-electron chi connectivity index (χ0n) is 14.9. The zero-order chi connectivity index (χ0) is 19.1. The van der Waals surface area contributed by atoms with Gasteiger partial charge in [0.15, 0.2) is 0 Å². The van der Waals surface area contributed by atoms with E-state index in [9.17, 15) is 18.4 Å². The summed E-state index contributed by atoms with van der Waals surface area (Å²) >= 11 is 1.60. The van der Waals surface area contributed by atoms with E-state index in [1.807, 2.05) is 6.26 Å². The number of nitrogens with two attached hydrogens (primary N) is 1. The first-order valence-corrected chi connectivity index (χ1v) is 9.73. The smallest absolute Gasteiger partial charge is 0.387 e. The molecule has 1 heterocycles. The summed E-state index contributed by atoms with van der Waals surface area (Å²) in [5.74, 6) is 0.230. The molecule has 0 aromatic heterocycles. The summed E-state index contributed by atoms with van der Waals surface area (Å²) in [6, 6.07) is 4.59. The summed E-state index contributed by atoms with van der Waals surface area (Å²) in [7, 11) is 0. The number of nitrogens with one attached hydrogen (secondary N) is 1. The fourth-order valence-corrected chi connectivity index (χ4v) is 3.22. The summed E-state index contributed by atoms with van der Waals surface area (Å²) in [6.07, 6.45) is 3.74. The number of piperidine rings is 1. The number of ether oxygens (including phenoxy) is 1. The number of hydrogen-bond acceptors (Lipinski definition) is 5. The molecular weight excluding hydrogens is 400 g/mol. The number of halogens is 3. The van der Waals surface area contributed by atoms with Crippen LogP contribution in [0.3, 0.4) is 0 Å². The lowest BCUT2D eigenvalue weighted by atomic mass is 10.0. The molecule has 1 aliphatic heterocycles. The topological polar surface area (TPSA) is 84.7 Å². The van der Waals surface area contributed by atoms with Crippen LogP contribution in [0.5, 0.6) is 5.75 Å². The third-order valence-corrected chi connectivity index (χ3v) is 4.74. The van der Waals surface area contributed by atoms with E-state index in [-0.39, 0.29) is 30.0 Å². The predicted octanol–water partition coefficient (Wildman–Crippen LogP) is 2.40. The molecule has 1 aromatic rings. The fourth-order valence-electron chi connectivity index (χ4n) is 2.73. The number of rotatable bonds is 8. The third-order valence-electron chi connectivity index (χ3n) is 4.10. The van der Waals surface area contributed by atoms with Crippen LogP contribution in [0.15, 0.2) is 24.3 Å². The SMILES string of the molecule is CSCC[C@H](N)C(=O)NC1CCCN(c2ccc(OC(F)F)cc2)C1=O.Cl. The Balaban J connectivity index is 0.00000364. The molecule has 1 aromatic carbocycles. The minimum atomic E-state index is -2.90. The van der Waals surface area contributed by atoms with Crippen molar-refractivity contribution in [1.82, 2.24) is 5.32 Å². The Morgan fingerprint density at radius 1 is 1.41 bits per heavy atom. The number of alkyl halides is 2. The van der Waals surface area contributed by atoms with Gasteiger partial charge >= 0.3 is 6.61 Å². The number of nitrogens with zero attached hydrogens (tertiary/aromatic N) is 1. The van der Waals surface area contributed by atoms with E-state index < -0.39 is 18.7 Å². The van der Waals surface area contributed by atoms with Gasteiger partial charge in [0.25, 0.3) is 0 Å². The number of carbonyl (C=O) groups is 2. The molecule has 1 unspecified atom stereocenters. The van der Waals surface area contributed by atoms with Gasteiger partial charge in [0.2, 0.25) is 11.8 Å². The van der Waals surface area contributed by atoms with Crippen LogP contribution >= 0.6 is 24.2 Å². The standard InChI is InChI=1S/C17H23F2N3O3S.ClH/c1-26-10-8-13(20)15(23)21-14-3-2-9-22(16(14)24)11-4-6-12(7-5-11)25-17(18)19;/h4-7,13-14,17H,2-3,8-10,20H2,1H3,(H,21,23);1H/t13-,14?;/m0./s1. The molecule has 0 radical (unpaired) electrons. The maximum Gasteiger partial charge on any atom is 0.387 e. The highest BCUT2D eigenvalue weighted by atomic mass is 35.5. The minimum absolute atomic E-state index is 0. The van der Waals surface area contributed by atoms with E-state index in [1.165, 1.54) is 17.0 Å². The maximum atomic E-state index is 12.7. The van der Waals surface area contributed by atoms with Crippen LogP contribution in [0.2, 0.25) is 0 Å². The van der Waals surface area contributed by atoms with Crippen molar-refractivity contribution in [3.8, 4) is 5.75 Å². The van der Waals surface area contributed by atoms with Crippen molar-refractivity contribution >= 4 is 41.7 Å². The first kappa shape index (κ1) is 23.5. The van der Waals surface area contributed by atoms with Crippen LogP contribution in [0, 0.1) is 0 Å². The van der Waals surface area contributed by atoms with Gasteiger partial charge in [-0.05, 0) is 55.5 Å². The van der Waals surface area contributed by atoms with Gasteiger partial charge in [-0.25, -0.2) is 0 Å². The van der Waals surface area contributed by atoms with Crippen LogP contribution in [0.1, 0.15) is 19.3 Å². The highest BCUT2D eigenvalue weighted by molar-refractivity contribution is 7.98. The molecule has 2 amide bonds. The monoisotopic (exact) mass is 423 g/mol. The lowest BCUT2D eigenvalue weighted by Crippen LogP contribution is -2.55. The van der Waals surface area contributed by atoms with Crippen molar-refractivity contribution in [2.24, 2.45) is 5.73 Å². The second kappa shape index (κ2) is 11.3. The van der Waals surface area contributed by atoms with Crippen molar-refractivity contribution in [3.05, 3.63) is 24.3 Å². The van der Waals surface area contributed by atoms with Crippen molar-refractivity contribution in [2.45, 2.75) is 38.0 Å². The molecule has 1 fully saturated rings. The van der Waals surface area contributed by atoms with Gasteiger partial charge in [0, 0.05) is 12.2 Å². The second-order valence-corrected chi connectivity index (χ2v) is 6.94. The molecule has 0 spiro atoms. The maximum absolute atomic E-state index is 12.7. The predicted molar refractivity (Wildman–Crippen MR) is 105 cm³/mol. The molecule has 1 saturated heterocycles. The largest absolute Gasteiger partial charge is 0.435 e. The molecule has 10 heteroatoms. The van der Waals surface area contributed by atoms with Gasteiger partial charge in [-0.2, -0.15) is 20.5 Å². The van der Waals surface area contributed by atoms with Gasteiger partial charge in [-0.1, -0.05) is 0 Å². The van der Waals surface area contributed by atoms with Crippen LogP contribution in [-0.2, 0) is 9.59 Å². The summed E-state index contributed by atoms with van der Waals surface area (Å²) in [4.78, 5) is 26.4. The third kappa shape index (κ3) is 6.82. The number of thioether (sulfide) groups is 1. The number of carbonyl (C=O) groups excluding carboxylic acids is 2. The molecule has 0 saturated carbocycles. The van der Waals surface area contributed by atoms with Gasteiger partial charge < -0.3 is 20.7 Å². The highest BCUT2D eigenvalue weighted by Crippen LogP contribution is 2.24.